The number of rotatable bonds is 6. The Bertz CT molecular complexity index is 1420. The molecule has 1 aliphatic heterocycles. The summed E-state index contributed by atoms with van der Waals surface area (Å²) < 4.78 is 23.3. The molecule has 0 saturated carbocycles. The Kier molecular flexibility index (Phi) is 6.43. The number of carbonyl (C=O) groups excluding carboxylic acids is 1. The highest BCUT2D eigenvalue weighted by Gasteiger charge is 2.21. The number of nitrogens with one attached hydrogen (secondary N) is 2. The fourth-order valence-electron chi connectivity index (χ4n) is 4.00. The molecule has 0 aliphatic carbocycles. The second kappa shape index (κ2) is 9.81. The molecule has 4 aromatic rings. The number of benzene rings is 3. The van der Waals surface area contributed by atoms with E-state index in [2.05, 4.69) is 25.4 Å². The number of nitrogens with zero attached hydrogens (tertiary/aromatic N) is 3. The lowest BCUT2D eigenvalue weighted by Gasteiger charge is -2.26. The minimum Gasteiger partial charge on any atom is -0.322 e. The van der Waals surface area contributed by atoms with Gasteiger partial charge in [-0.1, -0.05) is 42.5 Å². The van der Waals surface area contributed by atoms with Gasteiger partial charge >= 0.3 is 0 Å². The third kappa shape index (κ3) is 5.64. The van der Waals surface area contributed by atoms with E-state index in [1.54, 1.807) is 6.07 Å². The second-order valence-electron chi connectivity index (χ2n) is 8.53. The molecule has 35 heavy (non-hydrogen) atoms. The minimum atomic E-state index is -2.91. The molecule has 1 saturated heterocycles. The lowest BCUT2D eigenvalue weighted by molar-refractivity contribution is 0.102. The van der Waals surface area contributed by atoms with Gasteiger partial charge in [-0.25, -0.2) is 13.4 Å². The predicted octanol–water partition coefficient (Wildman–Crippen LogP) is 3.62. The lowest BCUT2D eigenvalue weighted by atomic mass is 10.1. The topological polar surface area (TPSA) is 108 Å². The molecular formula is C26H25N5O3S. The van der Waals surface area contributed by atoms with Crippen molar-refractivity contribution in [3.8, 4) is 22.8 Å². The number of sulfone groups is 1. The van der Waals surface area contributed by atoms with Crippen LogP contribution in [0.3, 0.4) is 0 Å². The average molecular weight is 488 g/mol. The zero-order chi connectivity index (χ0) is 24.3. The van der Waals surface area contributed by atoms with Crippen LogP contribution >= 0.6 is 0 Å². The first kappa shape index (κ1) is 22.9. The quantitative estimate of drug-likeness (QED) is 0.430. The molecule has 9 heteroatoms. The second-order valence-corrected chi connectivity index (χ2v) is 10.8. The zero-order valence-corrected chi connectivity index (χ0v) is 19.8. The summed E-state index contributed by atoms with van der Waals surface area (Å²) in [5, 5.41) is 10.2. The monoisotopic (exact) mass is 487 g/mol. The van der Waals surface area contributed by atoms with Gasteiger partial charge in [-0.3, -0.25) is 14.8 Å². The Balaban J connectivity index is 1.22. The SMILES string of the molecule is O=C(Nc1ccc(-c2nc(-c3ccccc3)n[nH]2)cc1)c1cccc(CN2CCS(=O)(=O)CC2)c1. The van der Waals surface area contributed by atoms with Crippen molar-refractivity contribution in [2.75, 3.05) is 29.9 Å². The molecule has 3 aromatic carbocycles. The van der Waals surface area contributed by atoms with Gasteiger partial charge in [0.25, 0.3) is 5.91 Å². The molecular weight excluding hydrogens is 462 g/mol. The van der Waals surface area contributed by atoms with Gasteiger partial charge in [0.1, 0.15) is 0 Å². The van der Waals surface area contributed by atoms with Crippen LogP contribution in [0.2, 0.25) is 0 Å². The van der Waals surface area contributed by atoms with E-state index in [0.717, 1.165) is 16.7 Å². The van der Waals surface area contributed by atoms with Crippen LogP contribution in [-0.4, -0.2) is 59.0 Å². The smallest absolute Gasteiger partial charge is 0.255 e. The first-order valence-electron chi connectivity index (χ1n) is 11.4. The normalized spacial score (nSPS) is 15.5. The first-order chi connectivity index (χ1) is 16.9. The molecule has 8 nitrogen and oxygen atoms in total. The van der Waals surface area contributed by atoms with Crippen molar-refractivity contribution < 1.29 is 13.2 Å². The molecule has 0 spiro atoms. The molecule has 178 valence electrons. The van der Waals surface area contributed by atoms with Crippen LogP contribution in [0.4, 0.5) is 5.69 Å². The van der Waals surface area contributed by atoms with Crippen molar-refractivity contribution in [2.24, 2.45) is 0 Å². The summed E-state index contributed by atoms with van der Waals surface area (Å²) in [6.45, 7) is 1.65. The number of hydrogen-bond acceptors (Lipinski definition) is 6. The van der Waals surface area contributed by atoms with Crippen LogP contribution in [0, 0.1) is 0 Å². The van der Waals surface area contributed by atoms with Crippen molar-refractivity contribution in [3.05, 3.63) is 90.0 Å². The summed E-state index contributed by atoms with van der Waals surface area (Å²) in [7, 11) is -2.91. The highest BCUT2D eigenvalue weighted by atomic mass is 32.2. The number of aromatic amines is 1. The van der Waals surface area contributed by atoms with E-state index < -0.39 is 9.84 Å². The maximum absolute atomic E-state index is 12.8. The van der Waals surface area contributed by atoms with Gasteiger partial charge in [-0.15, -0.1) is 0 Å². The Morgan fingerprint density at radius 3 is 2.40 bits per heavy atom. The van der Waals surface area contributed by atoms with E-state index in [-0.39, 0.29) is 17.4 Å². The number of H-pyrrole nitrogens is 1. The predicted molar refractivity (Wildman–Crippen MR) is 136 cm³/mol. The summed E-state index contributed by atoms with van der Waals surface area (Å²) >= 11 is 0. The van der Waals surface area contributed by atoms with Gasteiger partial charge in [0.2, 0.25) is 0 Å². The third-order valence-electron chi connectivity index (χ3n) is 5.97. The summed E-state index contributed by atoms with van der Waals surface area (Å²) in [4.78, 5) is 19.5. The van der Waals surface area contributed by atoms with Crippen LogP contribution in [0.5, 0.6) is 0 Å². The number of amides is 1. The molecule has 5 rings (SSSR count). The number of anilines is 1. The van der Waals surface area contributed by atoms with Crippen molar-refractivity contribution in [3.63, 3.8) is 0 Å². The third-order valence-corrected chi connectivity index (χ3v) is 7.58. The van der Waals surface area contributed by atoms with E-state index in [9.17, 15) is 13.2 Å². The number of carbonyl (C=O) groups is 1. The highest BCUT2D eigenvalue weighted by Crippen LogP contribution is 2.22. The fourth-order valence-corrected chi connectivity index (χ4v) is 5.28. The Labute approximate surface area is 204 Å². The summed E-state index contributed by atoms with van der Waals surface area (Å²) in [6.07, 6.45) is 0. The van der Waals surface area contributed by atoms with Gasteiger partial charge in [-0.2, -0.15) is 5.10 Å². The largest absolute Gasteiger partial charge is 0.322 e. The molecule has 0 atom stereocenters. The van der Waals surface area contributed by atoms with Crippen LogP contribution in [0.1, 0.15) is 15.9 Å². The van der Waals surface area contributed by atoms with E-state index in [1.165, 1.54) is 0 Å². The van der Waals surface area contributed by atoms with Crippen LogP contribution in [0.15, 0.2) is 78.9 Å². The van der Waals surface area contributed by atoms with Gasteiger partial charge in [0.05, 0.1) is 11.5 Å². The molecule has 0 bridgehead atoms. The average Bonchev–Trinajstić information content (AvgIpc) is 3.37. The maximum Gasteiger partial charge on any atom is 0.255 e. The minimum absolute atomic E-state index is 0.185. The van der Waals surface area contributed by atoms with E-state index >= 15 is 0 Å². The van der Waals surface area contributed by atoms with Gasteiger partial charge in [0, 0.05) is 42.0 Å². The summed E-state index contributed by atoms with van der Waals surface area (Å²) in [6, 6.07) is 24.6. The van der Waals surface area contributed by atoms with Gasteiger partial charge < -0.3 is 5.32 Å². The summed E-state index contributed by atoms with van der Waals surface area (Å²) in [5.41, 5.74) is 4.01. The first-order valence-corrected chi connectivity index (χ1v) is 13.2. The van der Waals surface area contributed by atoms with E-state index in [0.29, 0.717) is 42.5 Å². The lowest BCUT2D eigenvalue weighted by Crippen LogP contribution is -2.39. The van der Waals surface area contributed by atoms with E-state index in [1.807, 2.05) is 72.8 Å². The molecule has 1 fully saturated rings. The molecule has 0 unspecified atom stereocenters. The van der Waals surface area contributed by atoms with Crippen LogP contribution in [-0.2, 0) is 16.4 Å². The molecule has 2 heterocycles. The van der Waals surface area contributed by atoms with Gasteiger partial charge in [-0.05, 0) is 42.0 Å². The Morgan fingerprint density at radius 1 is 0.914 bits per heavy atom. The van der Waals surface area contributed by atoms with E-state index in [4.69, 9.17) is 0 Å². The number of aromatic nitrogens is 3. The maximum atomic E-state index is 12.8. The number of hydrogen-bond donors (Lipinski definition) is 2. The Hall–Kier alpha value is -3.82. The highest BCUT2D eigenvalue weighted by molar-refractivity contribution is 7.91. The van der Waals surface area contributed by atoms with Crippen molar-refractivity contribution >= 4 is 21.4 Å². The molecule has 0 radical (unpaired) electrons. The van der Waals surface area contributed by atoms with Crippen molar-refractivity contribution in [1.29, 1.82) is 0 Å². The van der Waals surface area contributed by atoms with Crippen molar-refractivity contribution in [1.82, 2.24) is 20.1 Å². The molecule has 1 aromatic heterocycles. The van der Waals surface area contributed by atoms with Crippen LogP contribution < -0.4 is 5.32 Å². The van der Waals surface area contributed by atoms with Crippen LogP contribution in [0.25, 0.3) is 22.8 Å². The Morgan fingerprint density at radius 2 is 1.66 bits per heavy atom. The zero-order valence-electron chi connectivity index (χ0n) is 19.0. The standard InChI is InChI=1S/C26H25N5O3S/c32-26(22-8-4-5-19(17-22)18-31-13-15-35(33,34)16-14-31)27-23-11-9-21(10-12-23)25-28-24(29-30-25)20-6-2-1-3-7-20/h1-12,17H,13-16,18H2,(H,27,32)(H,28,29,30). The summed E-state index contributed by atoms with van der Waals surface area (Å²) in [5.74, 6) is 1.45. The van der Waals surface area contributed by atoms with Crippen molar-refractivity contribution in [2.45, 2.75) is 6.54 Å². The molecule has 2 N–H and O–H groups in total. The molecule has 1 aliphatic rings. The molecule has 1 amide bonds. The fraction of sp³-hybridized carbons (Fsp3) is 0.192. The van der Waals surface area contributed by atoms with Gasteiger partial charge in [0.15, 0.2) is 21.5 Å².